The van der Waals surface area contributed by atoms with E-state index < -0.39 is 20.9 Å². The zero-order chi connectivity index (χ0) is 20.1. The third-order valence-electron chi connectivity index (χ3n) is 4.39. The highest BCUT2D eigenvalue weighted by Gasteiger charge is 2.28. The Morgan fingerprint density at radius 2 is 1.89 bits per heavy atom. The average Bonchev–Trinajstić information content (AvgIpc) is 3.11. The molecule has 146 valence electrons. The van der Waals surface area contributed by atoms with Gasteiger partial charge in [0.15, 0.2) is 0 Å². The molecule has 2 aromatic carbocycles. The van der Waals surface area contributed by atoms with Crippen molar-refractivity contribution in [3.8, 4) is 0 Å². The predicted molar refractivity (Wildman–Crippen MR) is 106 cm³/mol. The molecule has 28 heavy (non-hydrogen) atoms. The third kappa shape index (κ3) is 4.37. The van der Waals surface area contributed by atoms with Gasteiger partial charge >= 0.3 is 0 Å². The van der Waals surface area contributed by atoms with Gasteiger partial charge in [-0.15, -0.1) is 0 Å². The highest BCUT2D eigenvalue weighted by molar-refractivity contribution is 7.92. The maximum Gasteiger partial charge on any atom is 0.276 e. The Bertz CT molecular complexity index is 1030. The summed E-state index contributed by atoms with van der Waals surface area (Å²) in [4.78, 5) is 22.4. The van der Waals surface area contributed by atoms with Crippen LogP contribution in [0, 0.1) is 10.1 Å². The number of hydrogen-bond donors (Lipinski definition) is 1. The van der Waals surface area contributed by atoms with E-state index in [9.17, 15) is 23.3 Å². The van der Waals surface area contributed by atoms with E-state index in [1.807, 2.05) is 12.1 Å². The highest BCUT2D eigenvalue weighted by Crippen LogP contribution is 2.29. The van der Waals surface area contributed by atoms with Crippen molar-refractivity contribution in [3.05, 3.63) is 75.8 Å². The monoisotopic (exact) mass is 401 g/mol. The van der Waals surface area contributed by atoms with E-state index in [4.69, 9.17) is 0 Å². The summed E-state index contributed by atoms with van der Waals surface area (Å²) in [7, 11) is -3.55. The number of nitrogens with one attached hydrogen (secondary N) is 1. The molecule has 2 aromatic rings. The zero-order valence-corrected chi connectivity index (χ0v) is 15.8. The van der Waals surface area contributed by atoms with E-state index in [-0.39, 0.29) is 18.0 Å². The van der Waals surface area contributed by atoms with Gasteiger partial charge in [-0.05, 0) is 30.2 Å². The lowest BCUT2D eigenvalue weighted by Crippen LogP contribution is -2.36. The largest absolute Gasteiger partial charge is 0.351 e. The number of rotatable bonds is 7. The second-order valence-electron chi connectivity index (χ2n) is 6.21. The van der Waals surface area contributed by atoms with E-state index >= 15 is 0 Å². The molecule has 1 amide bonds. The topological polar surface area (TPSA) is 110 Å². The molecule has 0 radical (unpaired) electrons. The smallest absolute Gasteiger partial charge is 0.276 e. The van der Waals surface area contributed by atoms with E-state index in [0.717, 1.165) is 11.6 Å². The van der Waals surface area contributed by atoms with Crippen LogP contribution in [0.1, 0.15) is 11.1 Å². The van der Waals surface area contributed by atoms with Crippen LogP contribution >= 0.6 is 0 Å². The first kappa shape index (κ1) is 19.6. The number of nitro groups is 1. The van der Waals surface area contributed by atoms with Crippen LogP contribution in [0.2, 0.25) is 0 Å². The van der Waals surface area contributed by atoms with Gasteiger partial charge in [-0.2, -0.15) is 0 Å². The minimum absolute atomic E-state index is 0.0545. The van der Waals surface area contributed by atoms with E-state index in [0.29, 0.717) is 24.2 Å². The van der Waals surface area contributed by atoms with Crippen molar-refractivity contribution in [3.63, 3.8) is 0 Å². The van der Waals surface area contributed by atoms with Gasteiger partial charge in [0.25, 0.3) is 5.69 Å². The van der Waals surface area contributed by atoms with Crippen LogP contribution in [0.15, 0.2) is 54.6 Å². The molecule has 1 aliphatic rings. The quantitative estimate of drug-likeness (QED) is 0.434. The summed E-state index contributed by atoms with van der Waals surface area (Å²) in [5.41, 5.74) is 1.86. The molecule has 0 spiro atoms. The number of anilines is 1. The number of carbonyl (C=O) groups is 1. The molecule has 8 nitrogen and oxygen atoms in total. The molecule has 1 heterocycles. The number of hydrogen-bond acceptors (Lipinski definition) is 5. The van der Waals surface area contributed by atoms with Crippen molar-refractivity contribution in [1.82, 2.24) is 5.32 Å². The number of amides is 1. The summed E-state index contributed by atoms with van der Waals surface area (Å²) in [6.07, 6.45) is 3.15. The minimum atomic E-state index is -3.55. The summed E-state index contributed by atoms with van der Waals surface area (Å²) < 4.78 is 26.5. The lowest BCUT2D eigenvalue weighted by molar-refractivity contribution is -0.385. The van der Waals surface area contributed by atoms with Crippen LogP contribution in [0.3, 0.4) is 0 Å². The number of fused-ring (bicyclic) bond motifs is 1. The molecule has 0 fully saturated rings. The van der Waals surface area contributed by atoms with Gasteiger partial charge in [0.05, 0.1) is 21.9 Å². The number of nitrogens with zero attached hydrogens (tertiary/aromatic N) is 2. The van der Waals surface area contributed by atoms with E-state index in [1.165, 1.54) is 28.6 Å². The molecule has 0 unspecified atom stereocenters. The summed E-state index contributed by atoms with van der Waals surface area (Å²) in [5.74, 6) is -0.748. The van der Waals surface area contributed by atoms with Crippen molar-refractivity contribution in [2.45, 2.75) is 6.42 Å². The van der Waals surface area contributed by atoms with Gasteiger partial charge < -0.3 is 5.32 Å². The summed E-state index contributed by atoms with van der Waals surface area (Å²) in [6, 6.07) is 13.4. The molecule has 3 rings (SSSR count). The second-order valence-corrected chi connectivity index (χ2v) is 8.22. The molecular weight excluding hydrogens is 382 g/mol. The number of para-hydroxylation sites is 2. The number of carbonyl (C=O) groups excluding carboxylic acids is 1. The van der Waals surface area contributed by atoms with Crippen LogP contribution in [0.4, 0.5) is 11.4 Å². The van der Waals surface area contributed by atoms with Gasteiger partial charge in [-0.3, -0.25) is 19.2 Å². The maximum absolute atomic E-state index is 12.6. The molecule has 0 saturated heterocycles. The third-order valence-corrected chi connectivity index (χ3v) is 6.16. The summed E-state index contributed by atoms with van der Waals surface area (Å²) >= 11 is 0. The van der Waals surface area contributed by atoms with Gasteiger partial charge in [-0.25, -0.2) is 8.42 Å². The molecule has 9 heteroatoms. The Balaban J connectivity index is 1.57. The lowest BCUT2D eigenvalue weighted by atomic mass is 10.1. The number of nitro benzene ring substituents is 1. The fourth-order valence-corrected chi connectivity index (χ4v) is 4.46. The Morgan fingerprint density at radius 1 is 1.18 bits per heavy atom. The van der Waals surface area contributed by atoms with Crippen molar-refractivity contribution >= 4 is 33.4 Å². The molecule has 0 atom stereocenters. The van der Waals surface area contributed by atoms with Crippen molar-refractivity contribution in [2.75, 3.05) is 23.1 Å². The molecule has 1 N–H and O–H groups in total. The van der Waals surface area contributed by atoms with Crippen LogP contribution in [0.25, 0.3) is 6.08 Å². The first-order valence-corrected chi connectivity index (χ1v) is 10.3. The molecule has 0 aromatic heterocycles. The Morgan fingerprint density at radius 3 is 2.68 bits per heavy atom. The highest BCUT2D eigenvalue weighted by atomic mass is 32.2. The fourth-order valence-electron chi connectivity index (χ4n) is 3.03. The first-order valence-electron chi connectivity index (χ1n) is 8.66. The SMILES string of the molecule is O=C(C=Cc1ccccc1[N+](=O)[O-])NCCS(=O)(=O)N1CCc2ccccc21. The Kier molecular flexibility index (Phi) is 5.74. The molecule has 0 bridgehead atoms. The fraction of sp³-hybridized carbons (Fsp3) is 0.211. The van der Waals surface area contributed by atoms with E-state index in [2.05, 4.69) is 5.32 Å². The summed E-state index contributed by atoms with van der Waals surface area (Å²) in [5, 5.41) is 13.5. The number of benzene rings is 2. The van der Waals surface area contributed by atoms with Crippen LogP contribution in [0.5, 0.6) is 0 Å². The Hall–Kier alpha value is -3.20. The normalized spacial score (nSPS) is 13.5. The van der Waals surface area contributed by atoms with Gasteiger partial charge in [0.2, 0.25) is 15.9 Å². The first-order chi connectivity index (χ1) is 13.4. The zero-order valence-electron chi connectivity index (χ0n) is 14.9. The van der Waals surface area contributed by atoms with Gasteiger partial charge in [-0.1, -0.05) is 30.3 Å². The molecule has 0 saturated carbocycles. The van der Waals surface area contributed by atoms with Crippen LogP contribution < -0.4 is 9.62 Å². The van der Waals surface area contributed by atoms with Gasteiger partial charge in [0.1, 0.15) is 0 Å². The summed E-state index contributed by atoms with van der Waals surface area (Å²) in [6.45, 7) is 0.342. The van der Waals surface area contributed by atoms with Crippen molar-refractivity contribution in [1.29, 1.82) is 0 Å². The maximum atomic E-state index is 12.6. The predicted octanol–water partition coefficient (Wildman–Crippen LogP) is 2.12. The molecule has 1 aliphatic heterocycles. The average molecular weight is 401 g/mol. The van der Waals surface area contributed by atoms with Crippen molar-refractivity contribution < 1.29 is 18.1 Å². The standard InChI is InChI=1S/C19H19N3O5S/c23-19(10-9-15-5-2-4-8-18(15)22(24)25)20-12-14-28(26,27)21-13-11-16-6-1-3-7-17(16)21/h1-10H,11-14H2,(H,20,23). The molecular formula is C19H19N3O5S. The lowest BCUT2D eigenvalue weighted by Gasteiger charge is -2.19. The van der Waals surface area contributed by atoms with Crippen LogP contribution in [-0.2, 0) is 21.2 Å². The van der Waals surface area contributed by atoms with Gasteiger partial charge in [0, 0.05) is 25.2 Å². The second kappa shape index (κ2) is 8.22. The Labute approximate surface area is 162 Å². The van der Waals surface area contributed by atoms with Crippen molar-refractivity contribution in [2.24, 2.45) is 0 Å². The minimum Gasteiger partial charge on any atom is -0.351 e. The molecule has 0 aliphatic carbocycles. The number of sulfonamides is 1. The van der Waals surface area contributed by atoms with Crippen LogP contribution in [-0.4, -0.2) is 38.1 Å². The van der Waals surface area contributed by atoms with E-state index in [1.54, 1.807) is 18.2 Å².